The first-order valence-corrected chi connectivity index (χ1v) is 8.26. The van der Waals surface area contributed by atoms with Crippen LogP contribution < -0.4 is 0 Å². The van der Waals surface area contributed by atoms with Crippen molar-refractivity contribution in [2.45, 2.75) is 13.1 Å². The number of hydrogen-bond donors (Lipinski definition) is 0. The Morgan fingerprint density at radius 3 is 2.23 bits per heavy atom. The molecule has 2 aromatic carbocycles. The molecule has 0 radical (unpaired) electrons. The van der Waals surface area contributed by atoms with Gasteiger partial charge in [0.2, 0.25) is 0 Å². The average molecular weight is 356 g/mol. The molecule has 0 spiro atoms. The largest absolute Gasteiger partial charge is 0.416 e. The van der Waals surface area contributed by atoms with Crippen molar-refractivity contribution < 1.29 is 17.9 Å². The van der Waals surface area contributed by atoms with E-state index in [9.17, 15) is 13.2 Å². The third-order valence-electron chi connectivity index (χ3n) is 4.25. The SMILES string of the molecule is C=C(C)C1=C(c2ccc(C(F)(F)F)cc2)COC/C1=C\c1ccccc1. The molecule has 0 aliphatic carbocycles. The predicted octanol–water partition coefficient (Wildman–Crippen LogP) is 6.15. The molecule has 0 N–H and O–H groups in total. The first kappa shape index (κ1) is 18.2. The first-order valence-electron chi connectivity index (χ1n) is 8.26. The lowest BCUT2D eigenvalue weighted by Gasteiger charge is -2.25. The Morgan fingerprint density at radius 2 is 1.65 bits per heavy atom. The van der Waals surface area contributed by atoms with E-state index in [1.807, 2.05) is 43.3 Å². The maximum atomic E-state index is 12.8. The van der Waals surface area contributed by atoms with E-state index in [0.717, 1.165) is 45.6 Å². The van der Waals surface area contributed by atoms with Gasteiger partial charge in [0, 0.05) is 0 Å². The fraction of sp³-hybridized carbons (Fsp3) is 0.182. The summed E-state index contributed by atoms with van der Waals surface area (Å²) >= 11 is 0. The van der Waals surface area contributed by atoms with Gasteiger partial charge in [-0.3, -0.25) is 0 Å². The second-order valence-corrected chi connectivity index (χ2v) is 6.28. The van der Waals surface area contributed by atoms with E-state index in [1.54, 1.807) is 0 Å². The highest BCUT2D eigenvalue weighted by atomic mass is 19.4. The number of rotatable bonds is 3. The van der Waals surface area contributed by atoms with Crippen LogP contribution in [0, 0.1) is 0 Å². The summed E-state index contributed by atoms with van der Waals surface area (Å²) in [5, 5.41) is 0. The number of halogens is 3. The molecule has 1 heterocycles. The zero-order chi connectivity index (χ0) is 18.7. The Hall–Kier alpha value is -2.59. The van der Waals surface area contributed by atoms with Crippen LogP contribution in [0.4, 0.5) is 13.2 Å². The van der Waals surface area contributed by atoms with Crippen molar-refractivity contribution in [3.05, 3.63) is 94.6 Å². The van der Waals surface area contributed by atoms with Crippen molar-refractivity contribution in [1.82, 2.24) is 0 Å². The molecule has 0 fully saturated rings. The lowest BCUT2D eigenvalue weighted by molar-refractivity contribution is -0.137. The number of alkyl halides is 3. The van der Waals surface area contributed by atoms with Gasteiger partial charge in [0.1, 0.15) is 0 Å². The lowest BCUT2D eigenvalue weighted by Crippen LogP contribution is -2.14. The molecule has 1 aliphatic heterocycles. The molecule has 26 heavy (non-hydrogen) atoms. The van der Waals surface area contributed by atoms with Crippen LogP contribution in [-0.2, 0) is 10.9 Å². The number of ether oxygens (including phenoxy) is 1. The topological polar surface area (TPSA) is 9.23 Å². The number of benzene rings is 2. The second kappa shape index (κ2) is 7.34. The van der Waals surface area contributed by atoms with Crippen LogP contribution in [0.1, 0.15) is 23.6 Å². The molecule has 1 aliphatic rings. The van der Waals surface area contributed by atoms with E-state index in [4.69, 9.17) is 4.74 Å². The Balaban J connectivity index is 2.06. The van der Waals surface area contributed by atoms with E-state index >= 15 is 0 Å². The summed E-state index contributed by atoms with van der Waals surface area (Å²) in [6.45, 7) is 6.77. The standard InChI is InChI=1S/C22H19F3O/c1-15(2)21-18(12-16-6-4-3-5-7-16)13-26-14-20(21)17-8-10-19(11-9-17)22(23,24)25/h3-12H,1,13-14H2,2H3/b18-12+. The Kier molecular flexibility index (Phi) is 5.14. The van der Waals surface area contributed by atoms with Gasteiger partial charge in [-0.1, -0.05) is 54.6 Å². The van der Waals surface area contributed by atoms with E-state index in [1.165, 1.54) is 12.1 Å². The predicted molar refractivity (Wildman–Crippen MR) is 98.4 cm³/mol. The highest BCUT2D eigenvalue weighted by Gasteiger charge is 2.30. The molecule has 0 bridgehead atoms. The lowest BCUT2D eigenvalue weighted by atomic mass is 9.88. The summed E-state index contributed by atoms with van der Waals surface area (Å²) in [7, 11) is 0. The van der Waals surface area contributed by atoms with Gasteiger partial charge in [-0.05, 0) is 53.0 Å². The maximum absolute atomic E-state index is 12.8. The van der Waals surface area contributed by atoms with E-state index in [-0.39, 0.29) is 0 Å². The van der Waals surface area contributed by atoms with Gasteiger partial charge in [-0.25, -0.2) is 0 Å². The van der Waals surface area contributed by atoms with E-state index < -0.39 is 11.7 Å². The Labute approximate surface area is 151 Å². The summed E-state index contributed by atoms with van der Waals surface area (Å²) in [6.07, 6.45) is -2.31. The zero-order valence-electron chi connectivity index (χ0n) is 14.4. The fourth-order valence-electron chi connectivity index (χ4n) is 3.09. The van der Waals surface area contributed by atoms with Gasteiger partial charge in [0.15, 0.2) is 0 Å². The van der Waals surface area contributed by atoms with Crippen molar-refractivity contribution in [3.8, 4) is 0 Å². The van der Waals surface area contributed by atoms with Gasteiger partial charge < -0.3 is 4.74 Å². The van der Waals surface area contributed by atoms with Gasteiger partial charge in [0.25, 0.3) is 0 Å². The molecule has 2 aromatic rings. The van der Waals surface area contributed by atoms with Crippen molar-refractivity contribution >= 4 is 11.6 Å². The van der Waals surface area contributed by atoms with Gasteiger partial charge >= 0.3 is 6.18 Å². The van der Waals surface area contributed by atoms with E-state index in [0.29, 0.717) is 13.2 Å². The Bertz CT molecular complexity index is 857. The van der Waals surface area contributed by atoms with Crippen LogP contribution in [0.3, 0.4) is 0 Å². The molecule has 4 heteroatoms. The second-order valence-electron chi connectivity index (χ2n) is 6.28. The molecule has 134 valence electrons. The minimum Gasteiger partial charge on any atom is -0.372 e. The monoisotopic (exact) mass is 356 g/mol. The summed E-state index contributed by atoms with van der Waals surface area (Å²) < 4.78 is 44.1. The maximum Gasteiger partial charge on any atom is 0.416 e. The third-order valence-corrected chi connectivity index (χ3v) is 4.25. The fourth-order valence-corrected chi connectivity index (χ4v) is 3.09. The van der Waals surface area contributed by atoms with Crippen molar-refractivity contribution in [1.29, 1.82) is 0 Å². The van der Waals surface area contributed by atoms with Crippen LogP contribution in [0.15, 0.2) is 77.9 Å². The summed E-state index contributed by atoms with van der Waals surface area (Å²) in [5.74, 6) is 0. The average Bonchev–Trinajstić information content (AvgIpc) is 2.61. The molecule has 1 nitrogen and oxygen atoms in total. The quantitative estimate of drug-likeness (QED) is 0.641. The molecule has 0 aromatic heterocycles. The molecule has 3 rings (SSSR count). The highest BCUT2D eigenvalue weighted by Crippen LogP contribution is 2.35. The van der Waals surface area contributed by atoms with Crippen LogP contribution >= 0.6 is 0 Å². The van der Waals surface area contributed by atoms with Gasteiger partial charge in [0.05, 0.1) is 18.8 Å². The first-order chi connectivity index (χ1) is 12.4. The third kappa shape index (κ3) is 3.97. The van der Waals surface area contributed by atoms with Crippen molar-refractivity contribution in [2.75, 3.05) is 13.2 Å². The molecular weight excluding hydrogens is 337 g/mol. The van der Waals surface area contributed by atoms with Crippen LogP contribution in [-0.4, -0.2) is 13.2 Å². The number of allylic oxidation sites excluding steroid dienone is 1. The van der Waals surface area contributed by atoms with Crippen LogP contribution in [0.2, 0.25) is 0 Å². The van der Waals surface area contributed by atoms with Crippen LogP contribution in [0.5, 0.6) is 0 Å². The Morgan fingerprint density at radius 1 is 1.00 bits per heavy atom. The molecule has 0 unspecified atom stereocenters. The van der Waals surface area contributed by atoms with Crippen molar-refractivity contribution in [2.24, 2.45) is 0 Å². The zero-order valence-corrected chi connectivity index (χ0v) is 14.4. The van der Waals surface area contributed by atoms with Crippen LogP contribution in [0.25, 0.3) is 11.6 Å². The summed E-state index contributed by atoms with van der Waals surface area (Å²) in [6, 6.07) is 15.0. The van der Waals surface area contributed by atoms with Gasteiger partial charge in [-0.2, -0.15) is 13.2 Å². The minimum absolute atomic E-state index is 0.347. The highest BCUT2D eigenvalue weighted by molar-refractivity contribution is 5.81. The molecular formula is C22H19F3O. The number of hydrogen-bond acceptors (Lipinski definition) is 1. The summed E-state index contributed by atoms with van der Waals surface area (Å²) in [4.78, 5) is 0. The van der Waals surface area contributed by atoms with Crippen molar-refractivity contribution in [3.63, 3.8) is 0 Å². The molecule has 0 amide bonds. The molecule has 0 atom stereocenters. The molecule has 0 saturated heterocycles. The minimum atomic E-state index is -4.34. The normalized spacial score (nSPS) is 16.8. The smallest absolute Gasteiger partial charge is 0.372 e. The molecule has 0 saturated carbocycles. The van der Waals surface area contributed by atoms with Gasteiger partial charge in [-0.15, -0.1) is 0 Å². The summed E-state index contributed by atoms with van der Waals surface area (Å²) in [5.41, 5.74) is 4.76. The van der Waals surface area contributed by atoms with E-state index in [2.05, 4.69) is 6.58 Å².